The van der Waals surface area contributed by atoms with E-state index in [1.54, 1.807) is 6.92 Å². The predicted molar refractivity (Wildman–Crippen MR) is 65.1 cm³/mol. The first kappa shape index (κ1) is 11.7. The third kappa shape index (κ3) is 2.68. The van der Waals surface area contributed by atoms with E-state index in [2.05, 4.69) is 15.9 Å². The smallest absolute Gasteiger partial charge is 0.175 e. The second-order valence-electron chi connectivity index (χ2n) is 3.99. The maximum atomic E-state index is 9.25. The minimum absolute atomic E-state index is 0.271. The second kappa shape index (κ2) is 5.06. The minimum atomic E-state index is -0.271. The Bertz CT molecular complexity index is 377. The summed E-state index contributed by atoms with van der Waals surface area (Å²) in [6.45, 7) is 2.99. The number of aliphatic hydroxyl groups excluding tert-OH is 1. The van der Waals surface area contributed by atoms with Crippen LogP contribution in [0, 0.1) is 0 Å². The molecule has 0 fully saturated rings. The fraction of sp³-hybridized carbons (Fsp3) is 0.500. The fourth-order valence-electron chi connectivity index (χ4n) is 1.68. The summed E-state index contributed by atoms with van der Waals surface area (Å²) in [5.41, 5.74) is 1.15. The molecule has 0 saturated carbocycles. The third-order valence-electron chi connectivity index (χ3n) is 2.51. The lowest BCUT2D eigenvalue weighted by atomic mass is 10.1. The van der Waals surface area contributed by atoms with Gasteiger partial charge in [0.25, 0.3) is 0 Å². The SMILES string of the molecule is C[C@@H](O)CCc1cc(Br)c2c(c1)OCCO2. The molecular weight excluding hydrogens is 272 g/mol. The molecule has 0 spiro atoms. The van der Waals surface area contributed by atoms with E-state index in [0.717, 1.165) is 34.4 Å². The molecule has 0 amide bonds. The van der Waals surface area contributed by atoms with Crippen molar-refractivity contribution in [1.82, 2.24) is 0 Å². The molecule has 4 heteroatoms. The van der Waals surface area contributed by atoms with Gasteiger partial charge < -0.3 is 14.6 Å². The van der Waals surface area contributed by atoms with Gasteiger partial charge in [-0.15, -0.1) is 0 Å². The quantitative estimate of drug-likeness (QED) is 0.928. The highest BCUT2D eigenvalue weighted by Gasteiger charge is 2.16. The number of rotatable bonds is 3. The van der Waals surface area contributed by atoms with Crippen LogP contribution in [0.3, 0.4) is 0 Å². The first-order chi connectivity index (χ1) is 7.66. The predicted octanol–water partition coefficient (Wildman–Crippen LogP) is 2.53. The van der Waals surface area contributed by atoms with Crippen LogP contribution in [0.4, 0.5) is 0 Å². The van der Waals surface area contributed by atoms with E-state index in [-0.39, 0.29) is 6.10 Å². The summed E-state index contributed by atoms with van der Waals surface area (Å²) < 4.78 is 12.0. The zero-order valence-corrected chi connectivity index (χ0v) is 10.8. The monoisotopic (exact) mass is 286 g/mol. The standard InChI is InChI=1S/C12H15BrO3/c1-8(14)2-3-9-6-10(13)12-11(7-9)15-4-5-16-12/h6-8,14H,2-5H2,1H3/t8-/m1/s1. The van der Waals surface area contributed by atoms with E-state index >= 15 is 0 Å². The molecule has 0 unspecified atom stereocenters. The van der Waals surface area contributed by atoms with E-state index in [9.17, 15) is 5.11 Å². The minimum Gasteiger partial charge on any atom is -0.486 e. The second-order valence-corrected chi connectivity index (χ2v) is 4.84. The van der Waals surface area contributed by atoms with Gasteiger partial charge in [0.15, 0.2) is 11.5 Å². The molecule has 16 heavy (non-hydrogen) atoms. The molecule has 0 bridgehead atoms. The van der Waals surface area contributed by atoms with Crippen LogP contribution in [0.1, 0.15) is 18.9 Å². The molecule has 1 aliphatic heterocycles. The van der Waals surface area contributed by atoms with Gasteiger partial charge in [-0.25, -0.2) is 0 Å². The highest BCUT2D eigenvalue weighted by molar-refractivity contribution is 9.10. The summed E-state index contributed by atoms with van der Waals surface area (Å²) in [5, 5.41) is 9.25. The van der Waals surface area contributed by atoms with E-state index in [4.69, 9.17) is 9.47 Å². The van der Waals surface area contributed by atoms with Crippen molar-refractivity contribution >= 4 is 15.9 Å². The summed E-state index contributed by atoms with van der Waals surface area (Å²) in [6.07, 6.45) is 1.32. The van der Waals surface area contributed by atoms with Gasteiger partial charge in [-0.2, -0.15) is 0 Å². The molecule has 88 valence electrons. The number of fused-ring (bicyclic) bond motifs is 1. The Morgan fingerprint density at radius 1 is 1.38 bits per heavy atom. The summed E-state index contributed by atoms with van der Waals surface area (Å²) in [6, 6.07) is 4.01. The lowest BCUT2D eigenvalue weighted by Gasteiger charge is -2.20. The number of benzene rings is 1. The number of aliphatic hydroxyl groups is 1. The normalized spacial score (nSPS) is 15.9. The average Bonchev–Trinajstić information content (AvgIpc) is 2.26. The van der Waals surface area contributed by atoms with Gasteiger partial charge in [-0.3, -0.25) is 0 Å². The summed E-state index contributed by atoms with van der Waals surface area (Å²) >= 11 is 3.47. The molecule has 1 heterocycles. The van der Waals surface area contributed by atoms with Gasteiger partial charge in [0.05, 0.1) is 10.6 Å². The molecule has 1 aromatic rings. The number of aryl methyl sites for hydroxylation is 1. The summed E-state index contributed by atoms with van der Waals surface area (Å²) in [7, 11) is 0. The van der Waals surface area contributed by atoms with Crippen molar-refractivity contribution in [2.45, 2.75) is 25.9 Å². The topological polar surface area (TPSA) is 38.7 Å². The van der Waals surface area contributed by atoms with Crippen molar-refractivity contribution in [1.29, 1.82) is 0 Å². The summed E-state index contributed by atoms with van der Waals surface area (Å²) in [5.74, 6) is 1.58. The van der Waals surface area contributed by atoms with E-state index in [1.165, 1.54) is 0 Å². The molecule has 0 radical (unpaired) electrons. The van der Waals surface area contributed by atoms with Crippen LogP contribution < -0.4 is 9.47 Å². The van der Waals surface area contributed by atoms with E-state index < -0.39 is 0 Å². The highest BCUT2D eigenvalue weighted by atomic mass is 79.9. The van der Waals surface area contributed by atoms with Crippen LogP contribution in [0.25, 0.3) is 0 Å². The Hall–Kier alpha value is -0.740. The average molecular weight is 287 g/mol. The van der Waals surface area contributed by atoms with Crippen molar-refractivity contribution in [3.05, 3.63) is 22.2 Å². The molecule has 0 aliphatic carbocycles. The molecule has 1 N–H and O–H groups in total. The lowest BCUT2D eigenvalue weighted by molar-refractivity contribution is 0.169. The largest absolute Gasteiger partial charge is 0.486 e. The van der Waals surface area contributed by atoms with Gasteiger partial charge in [-0.05, 0) is 53.4 Å². The van der Waals surface area contributed by atoms with Crippen molar-refractivity contribution in [2.75, 3.05) is 13.2 Å². The molecule has 0 saturated heterocycles. The van der Waals surface area contributed by atoms with E-state index in [0.29, 0.717) is 13.2 Å². The first-order valence-corrected chi connectivity index (χ1v) is 6.22. The number of hydrogen-bond donors (Lipinski definition) is 1. The van der Waals surface area contributed by atoms with Crippen LogP contribution in [0.15, 0.2) is 16.6 Å². The van der Waals surface area contributed by atoms with Crippen molar-refractivity contribution in [3.8, 4) is 11.5 Å². The van der Waals surface area contributed by atoms with E-state index in [1.807, 2.05) is 12.1 Å². The molecule has 1 aliphatic rings. The number of halogens is 1. The molecule has 1 aromatic carbocycles. The zero-order chi connectivity index (χ0) is 11.5. The van der Waals surface area contributed by atoms with Crippen molar-refractivity contribution in [3.63, 3.8) is 0 Å². The number of hydrogen-bond acceptors (Lipinski definition) is 3. The lowest BCUT2D eigenvalue weighted by Crippen LogP contribution is -2.16. The van der Waals surface area contributed by atoms with Gasteiger partial charge >= 0.3 is 0 Å². The molecule has 1 atom stereocenters. The van der Waals surface area contributed by atoms with Gasteiger partial charge in [0.2, 0.25) is 0 Å². The Kier molecular flexibility index (Phi) is 3.71. The molecule has 3 nitrogen and oxygen atoms in total. The van der Waals surface area contributed by atoms with Gasteiger partial charge in [-0.1, -0.05) is 0 Å². The van der Waals surface area contributed by atoms with Gasteiger partial charge in [0, 0.05) is 0 Å². The fourth-order valence-corrected chi connectivity index (χ4v) is 2.29. The van der Waals surface area contributed by atoms with Crippen LogP contribution in [0.5, 0.6) is 11.5 Å². The van der Waals surface area contributed by atoms with Crippen LogP contribution in [0.2, 0.25) is 0 Å². The van der Waals surface area contributed by atoms with Crippen LogP contribution >= 0.6 is 15.9 Å². The number of ether oxygens (including phenoxy) is 2. The molecular formula is C12H15BrO3. The first-order valence-electron chi connectivity index (χ1n) is 5.43. The maximum absolute atomic E-state index is 9.25. The molecule has 2 rings (SSSR count). The van der Waals surface area contributed by atoms with Crippen LogP contribution in [-0.4, -0.2) is 24.4 Å². The zero-order valence-electron chi connectivity index (χ0n) is 9.20. The van der Waals surface area contributed by atoms with Crippen molar-refractivity contribution < 1.29 is 14.6 Å². The molecule has 0 aromatic heterocycles. The van der Waals surface area contributed by atoms with Gasteiger partial charge in [0.1, 0.15) is 13.2 Å². The Labute approximate surface area is 104 Å². The Morgan fingerprint density at radius 3 is 2.88 bits per heavy atom. The highest BCUT2D eigenvalue weighted by Crippen LogP contribution is 2.38. The maximum Gasteiger partial charge on any atom is 0.175 e. The summed E-state index contributed by atoms with van der Waals surface area (Å²) in [4.78, 5) is 0. The van der Waals surface area contributed by atoms with Crippen molar-refractivity contribution in [2.24, 2.45) is 0 Å². The van der Waals surface area contributed by atoms with Crippen LogP contribution in [-0.2, 0) is 6.42 Å². The Balaban J connectivity index is 2.18. The third-order valence-corrected chi connectivity index (χ3v) is 3.10. The Morgan fingerprint density at radius 2 is 2.12 bits per heavy atom.